The van der Waals surface area contributed by atoms with Gasteiger partial charge in [-0.3, -0.25) is 4.79 Å². The Morgan fingerprint density at radius 1 is 1.07 bits per heavy atom. The molecule has 0 bridgehead atoms. The van der Waals surface area contributed by atoms with Gasteiger partial charge < -0.3 is 4.90 Å². The first-order valence-corrected chi connectivity index (χ1v) is 11.3. The topological polar surface area (TPSA) is 88.4 Å². The van der Waals surface area contributed by atoms with Crippen molar-refractivity contribution in [1.29, 1.82) is 0 Å². The van der Waals surface area contributed by atoms with Gasteiger partial charge in [0, 0.05) is 32.6 Å². The zero-order chi connectivity index (χ0) is 21.3. The average Bonchev–Trinajstić information content (AvgIpc) is 3.02. The Kier molecular flexibility index (Phi) is 6.09. The fraction of sp³-hybridized carbons (Fsp3) is 0.550. The summed E-state index contributed by atoms with van der Waals surface area (Å²) in [6, 6.07) is 5.10. The molecule has 158 valence electrons. The maximum absolute atomic E-state index is 12.9. The molecule has 3 rings (SSSR count). The number of aromatic nitrogens is 3. The molecule has 0 N–H and O–H groups in total. The fourth-order valence-electron chi connectivity index (χ4n) is 3.62. The second-order valence-corrected chi connectivity index (χ2v) is 9.67. The summed E-state index contributed by atoms with van der Waals surface area (Å²) in [5.74, 6) is 1.48. The minimum Gasteiger partial charge on any atom is -0.340 e. The van der Waals surface area contributed by atoms with Crippen LogP contribution >= 0.6 is 0 Å². The van der Waals surface area contributed by atoms with Crippen LogP contribution < -0.4 is 0 Å². The summed E-state index contributed by atoms with van der Waals surface area (Å²) in [4.78, 5) is 19.0. The lowest BCUT2D eigenvalue weighted by molar-refractivity contribution is -0.133. The van der Waals surface area contributed by atoms with Crippen LogP contribution in [0.4, 0.5) is 0 Å². The van der Waals surface area contributed by atoms with Crippen LogP contribution in [-0.2, 0) is 14.8 Å². The van der Waals surface area contributed by atoms with Crippen molar-refractivity contribution in [3.8, 4) is 0 Å². The molecule has 8 nitrogen and oxygen atoms in total. The Balaban J connectivity index is 1.61. The maximum Gasteiger partial charge on any atom is 0.243 e. The maximum atomic E-state index is 12.9. The van der Waals surface area contributed by atoms with Crippen LogP contribution in [0.5, 0.6) is 0 Å². The second kappa shape index (κ2) is 8.23. The van der Waals surface area contributed by atoms with Crippen molar-refractivity contribution in [3.05, 3.63) is 41.0 Å². The van der Waals surface area contributed by atoms with E-state index in [1.807, 2.05) is 40.7 Å². The number of hydrogen-bond donors (Lipinski definition) is 0. The van der Waals surface area contributed by atoms with Gasteiger partial charge in [0.15, 0.2) is 0 Å². The summed E-state index contributed by atoms with van der Waals surface area (Å²) in [6.07, 6.45) is 0.313. The average molecular weight is 420 g/mol. The van der Waals surface area contributed by atoms with E-state index in [9.17, 15) is 13.2 Å². The third kappa shape index (κ3) is 4.51. The van der Waals surface area contributed by atoms with Crippen molar-refractivity contribution in [2.24, 2.45) is 0 Å². The highest BCUT2D eigenvalue weighted by Gasteiger charge is 2.31. The molecular formula is C20H29N5O3S. The molecule has 9 heteroatoms. The number of amides is 1. The van der Waals surface area contributed by atoms with Gasteiger partial charge in [-0.05, 0) is 57.9 Å². The molecule has 1 atom stereocenters. The molecule has 1 aliphatic rings. The van der Waals surface area contributed by atoms with Crippen molar-refractivity contribution in [2.45, 2.75) is 52.0 Å². The van der Waals surface area contributed by atoms with Crippen LogP contribution in [0.15, 0.2) is 23.1 Å². The summed E-state index contributed by atoms with van der Waals surface area (Å²) < 4.78 is 29.1. The van der Waals surface area contributed by atoms with Crippen molar-refractivity contribution in [2.75, 3.05) is 26.2 Å². The molecule has 2 aromatic rings. The first-order valence-electron chi connectivity index (χ1n) is 9.84. The Bertz CT molecular complexity index is 1010. The zero-order valence-corrected chi connectivity index (χ0v) is 18.5. The van der Waals surface area contributed by atoms with Gasteiger partial charge in [0.05, 0.1) is 10.9 Å². The zero-order valence-electron chi connectivity index (χ0n) is 17.7. The summed E-state index contributed by atoms with van der Waals surface area (Å²) in [5, 5.41) is 4.35. The van der Waals surface area contributed by atoms with E-state index in [-0.39, 0.29) is 11.9 Å². The van der Waals surface area contributed by atoms with Crippen molar-refractivity contribution in [1.82, 2.24) is 24.0 Å². The number of benzene rings is 1. The van der Waals surface area contributed by atoms with Crippen molar-refractivity contribution >= 4 is 15.9 Å². The lowest BCUT2D eigenvalue weighted by Crippen LogP contribution is -2.50. The molecule has 0 radical (unpaired) electrons. The lowest BCUT2D eigenvalue weighted by Gasteiger charge is -2.34. The molecule has 1 amide bonds. The number of nitrogens with zero attached hydrogens (tertiary/aromatic N) is 5. The van der Waals surface area contributed by atoms with Gasteiger partial charge in [0.1, 0.15) is 11.6 Å². The third-order valence-corrected chi connectivity index (χ3v) is 7.40. The highest BCUT2D eigenvalue weighted by molar-refractivity contribution is 7.89. The van der Waals surface area contributed by atoms with Gasteiger partial charge in [-0.2, -0.15) is 9.40 Å². The molecule has 1 aromatic carbocycles. The molecule has 0 spiro atoms. The van der Waals surface area contributed by atoms with E-state index in [1.165, 1.54) is 4.31 Å². The highest BCUT2D eigenvalue weighted by atomic mass is 32.2. The molecule has 0 unspecified atom stereocenters. The first-order chi connectivity index (χ1) is 13.6. The van der Waals surface area contributed by atoms with Crippen molar-refractivity contribution < 1.29 is 13.2 Å². The number of sulfonamides is 1. The molecule has 0 aliphatic carbocycles. The third-order valence-electron chi connectivity index (χ3n) is 5.50. The normalized spacial score (nSPS) is 16.8. The minimum atomic E-state index is -3.55. The van der Waals surface area contributed by atoms with Crippen LogP contribution in [0.25, 0.3) is 0 Å². The van der Waals surface area contributed by atoms with E-state index in [0.717, 1.165) is 17.0 Å². The van der Waals surface area contributed by atoms with Gasteiger partial charge in [0.25, 0.3) is 0 Å². The molecule has 0 saturated carbocycles. The predicted octanol–water partition coefficient (Wildman–Crippen LogP) is 2.00. The van der Waals surface area contributed by atoms with Gasteiger partial charge >= 0.3 is 0 Å². The molecule has 29 heavy (non-hydrogen) atoms. The van der Waals surface area contributed by atoms with E-state index in [4.69, 9.17) is 0 Å². The van der Waals surface area contributed by atoms with Gasteiger partial charge in [0.2, 0.25) is 15.9 Å². The van der Waals surface area contributed by atoms with E-state index >= 15 is 0 Å². The monoisotopic (exact) mass is 419 g/mol. The van der Waals surface area contributed by atoms with E-state index < -0.39 is 10.0 Å². The summed E-state index contributed by atoms with van der Waals surface area (Å²) in [7, 11) is -3.55. The van der Waals surface area contributed by atoms with E-state index in [0.29, 0.717) is 43.3 Å². The quantitative estimate of drug-likeness (QED) is 0.740. The lowest BCUT2D eigenvalue weighted by atomic mass is 10.1. The molecular weight excluding hydrogens is 390 g/mol. The highest BCUT2D eigenvalue weighted by Crippen LogP contribution is 2.21. The Morgan fingerprint density at radius 3 is 2.28 bits per heavy atom. The van der Waals surface area contributed by atoms with Crippen molar-refractivity contribution in [3.63, 3.8) is 0 Å². The Morgan fingerprint density at radius 2 is 1.72 bits per heavy atom. The minimum absolute atomic E-state index is 0.00767. The van der Waals surface area contributed by atoms with Crippen LogP contribution in [0.1, 0.15) is 42.2 Å². The number of carbonyl (C=O) groups excluding carboxylic acids is 1. The van der Waals surface area contributed by atoms with E-state index in [2.05, 4.69) is 10.1 Å². The van der Waals surface area contributed by atoms with Gasteiger partial charge in [-0.1, -0.05) is 6.07 Å². The first kappa shape index (κ1) is 21.4. The summed E-state index contributed by atoms with van der Waals surface area (Å²) >= 11 is 0. The largest absolute Gasteiger partial charge is 0.340 e. The fourth-order valence-corrected chi connectivity index (χ4v) is 5.13. The van der Waals surface area contributed by atoms with Crippen LogP contribution in [0, 0.1) is 27.7 Å². The molecule has 2 heterocycles. The number of rotatable bonds is 5. The molecule has 1 aliphatic heterocycles. The van der Waals surface area contributed by atoms with Gasteiger partial charge in [-0.15, -0.1) is 0 Å². The standard InChI is InChI=1S/C20H29N5O3S/c1-14-6-7-19(12-15(14)2)29(27,28)24-10-8-23(9-11-24)20(26)13-16(3)25-18(5)21-17(4)22-25/h6-7,12,16H,8-11,13H2,1-5H3/t16-/m0/s1. The van der Waals surface area contributed by atoms with Crippen LogP contribution in [0.2, 0.25) is 0 Å². The summed E-state index contributed by atoms with van der Waals surface area (Å²) in [5.41, 5.74) is 2.01. The molecule has 1 saturated heterocycles. The van der Waals surface area contributed by atoms with Gasteiger partial charge in [-0.25, -0.2) is 18.1 Å². The SMILES string of the molecule is Cc1nc(C)n([C@@H](C)CC(=O)N2CCN(S(=O)(=O)c3ccc(C)c(C)c3)CC2)n1. The Labute approximate surface area is 172 Å². The van der Waals surface area contributed by atoms with E-state index in [1.54, 1.807) is 21.7 Å². The predicted molar refractivity (Wildman–Crippen MR) is 110 cm³/mol. The summed E-state index contributed by atoms with van der Waals surface area (Å²) in [6.45, 7) is 10.9. The molecule has 1 fully saturated rings. The number of hydrogen-bond acceptors (Lipinski definition) is 5. The van der Waals surface area contributed by atoms with Crippen LogP contribution in [0.3, 0.4) is 0 Å². The Hall–Kier alpha value is -2.26. The number of carbonyl (C=O) groups is 1. The second-order valence-electron chi connectivity index (χ2n) is 7.73. The van der Waals surface area contributed by atoms with Crippen LogP contribution in [-0.4, -0.2) is 64.5 Å². The number of piperazine rings is 1. The molecule has 1 aromatic heterocycles. The number of aryl methyl sites for hydroxylation is 4. The smallest absolute Gasteiger partial charge is 0.243 e.